The van der Waals surface area contributed by atoms with Crippen molar-refractivity contribution < 1.29 is 4.74 Å². The number of hydrogen-bond donors (Lipinski definition) is 1. The largest absolute Gasteiger partial charge is 0.497 e. The molecule has 0 fully saturated rings. The van der Waals surface area contributed by atoms with Crippen molar-refractivity contribution >= 4 is 5.95 Å². The third kappa shape index (κ3) is 3.38. The molecule has 2 heterocycles. The number of allylic oxidation sites excluding steroid dienone is 4. The van der Waals surface area contributed by atoms with Gasteiger partial charge in [-0.1, -0.05) is 29.8 Å². The summed E-state index contributed by atoms with van der Waals surface area (Å²) in [6, 6.07) is 10.2. The van der Waals surface area contributed by atoms with E-state index in [0.29, 0.717) is 12.6 Å². The lowest BCUT2D eigenvalue weighted by Crippen LogP contribution is -2.05. The molecule has 2 aromatic rings. The van der Waals surface area contributed by atoms with E-state index >= 15 is 0 Å². The first-order valence-electron chi connectivity index (χ1n) is 8.22. The third-order valence-electron chi connectivity index (χ3n) is 4.15. The molecule has 0 radical (unpaired) electrons. The molecule has 120 valence electrons. The molecule has 0 unspecified atom stereocenters. The minimum atomic E-state index is 0.560. The molecule has 6 bridgehead atoms. The summed E-state index contributed by atoms with van der Waals surface area (Å²) in [7, 11) is 0. The molecule has 1 aliphatic carbocycles. The van der Waals surface area contributed by atoms with Crippen molar-refractivity contribution in [3.63, 3.8) is 0 Å². The highest BCUT2D eigenvalue weighted by atomic mass is 16.5. The van der Waals surface area contributed by atoms with Gasteiger partial charge in [0.15, 0.2) is 0 Å². The highest BCUT2D eigenvalue weighted by Crippen LogP contribution is 2.23. The van der Waals surface area contributed by atoms with Gasteiger partial charge in [-0.15, -0.1) is 0 Å². The number of nitrogens with zero attached hydrogens (tertiary/aromatic N) is 2. The van der Waals surface area contributed by atoms with E-state index in [2.05, 4.69) is 51.7 Å². The number of anilines is 1. The summed E-state index contributed by atoms with van der Waals surface area (Å²) in [5, 5.41) is 3.33. The second-order valence-corrected chi connectivity index (χ2v) is 5.98. The van der Waals surface area contributed by atoms with Crippen LogP contribution in [-0.2, 0) is 11.3 Å². The van der Waals surface area contributed by atoms with E-state index in [1.165, 1.54) is 5.57 Å². The molecule has 0 amide bonds. The Morgan fingerprint density at radius 1 is 1.17 bits per heavy atom. The highest BCUT2D eigenvalue weighted by Gasteiger charge is 2.08. The zero-order chi connectivity index (χ0) is 16.2. The van der Waals surface area contributed by atoms with Crippen LogP contribution in [0.4, 0.5) is 5.95 Å². The van der Waals surface area contributed by atoms with Gasteiger partial charge in [0.05, 0.1) is 12.0 Å². The fourth-order valence-corrected chi connectivity index (χ4v) is 2.95. The van der Waals surface area contributed by atoms with Crippen molar-refractivity contribution in [3.05, 3.63) is 77.9 Å². The summed E-state index contributed by atoms with van der Waals surface area (Å²) in [6.07, 6.45) is 13.1. The fraction of sp³-hybridized carbons (Fsp3) is 0.200. The Morgan fingerprint density at radius 2 is 2.17 bits per heavy atom. The van der Waals surface area contributed by atoms with Gasteiger partial charge in [-0.3, -0.25) is 0 Å². The van der Waals surface area contributed by atoms with E-state index in [-0.39, 0.29) is 0 Å². The average Bonchev–Trinajstić information content (AvgIpc) is 2.62. The van der Waals surface area contributed by atoms with Gasteiger partial charge < -0.3 is 10.1 Å². The Bertz CT molecular complexity index is 836. The van der Waals surface area contributed by atoms with Gasteiger partial charge in [-0.2, -0.15) is 0 Å². The quantitative estimate of drug-likeness (QED) is 0.772. The number of nitrogens with one attached hydrogen (secondary N) is 1. The van der Waals surface area contributed by atoms with Gasteiger partial charge in [-0.05, 0) is 49.1 Å². The molecular formula is C20H19N3O. The molecular weight excluding hydrogens is 298 g/mol. The molecule has 1 N–H and O–H groups in total. The Hall–Kier alpha value is -2.88. The SMILES string of the molecule is C1=C2C/C=C/OCc3cccc(c3)-c3ccnc(n3)NC1=CCC2. The second kappa shape index (κ2) is 6.71. The van der Waals surface area contributed by atoms with Gasteiger partial charge >= 0.3 is 0 Å². The Labute approximate surface area is 141 Å². The van der Waals surface area contributed by atoms with Crippen LogP contribution in [0.15, 0.2) is 72.3 Å². The molecule has 1 aliphatic heterocycles. The topological polar surface area (TPSA) is 47.0 Å². The van der Waals surface area contributed by atoms with E-state index in [4.69, 9.17) is 4.74 Å². The summed E-state index contributed by atoms with van der Waals surface area (Å²) < 4.78 is 5.67. The smallest absolute Gasteiger partial charge is 0.227 e. The van der Waals surface area contributed by atoms with E-state index in [1.54, 1.807) is 12.5 Å². The third-order valence-corrected chi connectivity index (χ3v) is 4.15. The van der Waals surface area contributed by atoms with Crippen LogP contribution in [0.25, 0.3) is 11.3 Å². The van der Waals surface area contributed by atoms with Gasteiger partial charge in [0, 0.05) is 17.5 Å². The van der Waals surface area contributed by atoms with E-state index in [1.807, 2.05) is 12.1 Å². The van der Waals surface area contributed by atoms with Crippen LogP contribution in [-0.4, -0.2) is 9.97 Å². The average molecular weight is 317 g/mol. The number of benzene rings is 1. The minimum absolute atomic E-state index is 0.560. The summed E-state index contributed by atoms with van der Waals surface area (Å²) >= 11 is 0. The lowest BCUT2D eigenvalue weighted by Gasteiger charge is -2.14. The zero-order valence-electron chi connectivity index (χ0n) is 13.4. The van der Waals surface area contributed by atoms with Crippen molar-refractivity contribution in [1.29, 1.82) is 0 Å². The normalized spacial score (nSPS) is 18.0. The van der Waals surface area contributed by atoms with Crippen LogP contribution < -0.4 is 5.32 Å². The van der Waals surface area contributed by atoms with Crippen molar-refractivity contribution in [2.75, 3.05) is 5.32 Å². The van der Waals surface area contributed by atoms with Crippen molar-refractivity contribution in [3.8, 4) is 11.3 Å². The summed E-state index contributed by atoms with van der Waals surface area (Å²) in [5.74, 6) is 0.628. The van der Waals surface area contributed by atoms with Crippen molar-refractivity contribution in [1.82, 2.24) is 9.97 Å². The molecule has 0 saturated carbocycles. The van der Waals surface area contributed by atoms with Crippen LogP contribution in [0, 0.1) is 0 Å². The molecule has 0 spiro atoms. The zero-order valence-corrected chi connectivity index (χ0v) is 13.4. The van der Waals surface area contributed by atoms with E-state index in [9.17, 15) is 0 Å². The number of fused-ring (bicyclic) bond motifs is 6. The van der Waals surface area contributed by atoms with Crippen LogP contribution in [0.5, 0.6) is 0 Å². The molecule has 4 heteroatoms. The molecule has 1 aromatic heterocycles. The molecule has 2 aliphatic rings. The van der Waals surface area contributed by atoms with Crippen LogP contribution in [0.2, 0.25) is 0 Å². The minimum Gasteiger partial charge on any atom is -0.497 e. The predicted molar refractivity (Wildman–Crippen MR) is 95.0 cm³/mol. The van der Waals surface area contributed by atoms with Crippen LogP contribution in [0.1, 0.15) is 24.8 Å². The second-order valence-electron chi connectivity index (χ2n) is 5.98. The molecule has 4 nitrogen and oxygen atoms in total. The monoisotopic (exact) mass is 317 g/mol. The van der Waals surface area contributed by atoms with Gasteiger partial charge in [0.25, 0.3) is 0 Å². The summed E-state index contributed by atoms with van der Waals surface area (Å²) in [4.78, 5) is 9.01. The maximum absolute atomic E-state index is 5.67. The Balaban J connectivity index is 1.74. The number of hydrogen-bond acceptors (Lipinski definition) is 4. The molecule has 24 heavy (non-hydrogen) atoms. The van der Waals surface area contributed by atoms with Gasteiger partial charge in [0.2, 0.25) is 5.95 Å². The number of aromatic nitrogens is 2. The Morgan fingerprint density at radius 3 is 3.17 bits per heavy atom. The number of rotatable bonds is 0. The molecule has 4 rings (SSSR count). The van der Waals surface area contributed by atoms with Crippen molar-refractivity contribution in [2.24, 2.45) is 0 Å². The first-order chi connectivity index (χ1) is 11.9. The summed E-state index contributed by atoms with van der Waals surface area (Å²) in [6.45, 7) is 0.560. The molecule has 1 aromatic carbocycles. The summed E-state index contributed by atoms with van der Waals surface area (Å²) in [5.41, 5.74) is 5.54. The van der Waals surface area contributed by atoms with E-state index < -0.39 is 0 Å². The number of ether oxygens (including phenoxy) is 1. The van der Waals surface area contributed by atoms with E-state index in [0.717, 1.165) is 41.8 Å². The molecule has 0 saturated heterocycles. The predicted octanol–water partition coefficient (Wildman–Crippen LogP) is 4.59. The maximum atomic E-state index is 5.67. The van der Waals surface area contributed by atoms with Crippen LogP contribution in [0.3, 0.4) is 0 Å². The van der Waals surface area contributed by atoms with Gasteiger partial charge in [-0.25, -0.2) is 9.97 Å². The van der Waals surface area contributed by atoms with Gasteiger partial charge in [0.1, 0.15) is 6.61 Å². The Kier molecular flexibility index (Phi) is 4.11. The van der Waals surface area contributed by atoms with Crippen molar-refractivity contribution in [2.45, 2.75) is 25.9 Å². The van der Waals surface area contributed by atoms with Crippen LogP contribution >= 0.6 is 0 Å². The fourth-order valence-electron chi connectivity index (χ4n) is 2.95. The lowest BCUT2D eigenvalue weighted by atomic mass is 10.0. The standard InChI is InChI=1S/C20H19N3O/c1-5-16-12-17(7-1)19-9-10-21-20(23-19)22-18-8-2-4-15(13-18)6-3-11-24-14-16/h1,3,5,7-13H,2,4,6,14H2,(H,21,22,23)/b11-3+. The molecule has 0 atom stereocenters. The lowest BCUT2D eigenvalue weighted by molar-refractivity contribution is 0.235. The highest BCUT2D eigenvalue weighted by molar-refractivity contribution is 5.61. The first kappa shape index (κ1) is 14.7. The first-order valence-corrected chi connectivity index (χ1v) is 8.22. The maximum Gasteiger partial charge on any atom is 0.227 e.